The fourth-order valence-corrected chi connectivity index (χ4v) is 6.49. The summed E-state index contributed by atoms with van der Waals surface area (Å²) in [5.41, 5.74) is 4.02. The lowest BCUT2D eigenvalue weighted by molar-refractivity contribution is -0.713. The second-order valence-electron chi connectivity index (χ2n) is 8.84. The number of nitrogens with one attached hydrogen (secondary N) is 1. The average Bonchev–Trinajstić information content (AvgIpc) is 3.31. The maximum atomic E-state index is 13.2. The van der Waals surface area contributed by atoms with Gasteiger partial charge in [0.1, 0.15) is 29.0 Å². The second kappa shape index (κ2) is 11.2. The van der Waals surface area contributed by atoms with Crippen molar-refractivity contribution in [1.82, 2.24) is 20.2 Å². The molecule has 0 aliphatic carbocycles. The number of hydrogen-bond acceptors (Lipinski definition) is 12. The quantitative estimate of drug-likeness (QED) is 0.0721. The van der Waals surface area contributed by atoms with E-state index in [4.69, 9.17) is 10.6 Å². The van der Waals surface area contributed by atoms with Crippen molar-refractivity contribution < 1.29 is 38.8 Å². The zero-order valence-electron chi connectivity index (χ0n) is 20.9. The molecule has 0 saturated carbocycles. The fraction of sp³-hybridized carbons (Fsp3) is 0.364. The summed E-state index contributed by atoms with van der Waals surface area (Å²) in [5.74, 6) is -3.38. The summed E-state index contributed by atoms with van der Waals surface area (Å²) in [6, 6.07) is 0.729. The molecule has 4 rings (SSSR count). The summed E-state index contributed by atoms with van der Waals surface area (Å²) in [5, 5.41) is 27.1. The predicted octanol–water partition coefficient (Wildman–Crippen LogP) is 0.0596. The zero-order chi connectivity index (χ0) is 28.5. The molecule has 0 unspecified atom stereocenters. The Bertz CT molecular complexity index is 1410. The van der Waals surface area contributed by atoms with Crippen molar-refractivity contribution in [3.05, 3.63) is 40.8 Å². The predicted molar refractivity (Wildman–Crippen MR) is 142 cm³/mol. The molecule has 0 radical (unpaired) electrons. The second-order valence-corrected chi connectivity index (χ2v) is 11.8. The van der Waals surface area contributed by atoms with Crippen molar-refractivity contribution >= 4 is 69.5 Å². The van der Waals surface area contributed by atoms with Crippen LogP contribution in [0.2, 0.25) is 0 Å². The van der Waals surface area contributed by atoms with E-state index in [-0.39, 0.29) is 22.2 Å². The van der Waals surface area contributed by atoms with Crippen molar-refractivity contribution in [3.8, 4) is 0 Å². The monoisotopic (exact) mass is 594 g/mol. The van der Waals surface area contributed by atoms with Crippen LogP contribution >= 0.6 is 34.9 Å². The number of hydrogen-bond donors (Lipinski definition) is 4. The first-order valence-electron chi connectivity index (χ1n) is 11.3. The highest BCUT2D eigenvalue weighted by Crippen LogP contribution is 2.41. The first-order valence-corrected chi connectivity index (χ1v) is 14.2. The van der Waals surface area contributed by atoms with Crippen LogP contribution in [0.5, 0.6) is 0 Å². The van der Waals surface area contributed by atoms with Crippen LogP contribution in [0, 0.1) is 0 Å². The van der Waals surface area contributed by atoms with E-state index in [2.05, 4.69) is 20.4 Å². The third-order valence-corrected chi connectivity index (χ3v) is 8.81. The van der Waals surface area contributed by atoms with Gasteiger partial charge in [-0.3, -0.25) is 14.5 Å². The number of thioether (sulfide) groups is 2. The molecule has 5 N–H and O–H groups in total. The van der Waals surface area contributed by atoms with Gasteiger partial charge in [0.05, 0.1) is 13.2 Å². The van der Waals surface area contributed by atoms with Crippen molar-refractivity contribution in [3.63, 3.8) is 0 Å². The number of rotatable bonds is 10. The van der Waals surface area contributed by atoms with Crippen LogP contribution in [0.25, 0.3) is 0 Å². The Morgan fingerprint density at radius 2 is 2.13 bits per heavy atom. The Labute approximate surface area is 234 Å². The van der Waals surface area contributed by atoms with Crippen LogP contribution in [0.3, 0.4) is 0 Å². The molecule has 2 atom stereocenters. The van der Waals surface area contributed by atoms with Gasteiger partial charge in [-0.2, -0.15) is 0 Å². The number of nitrogens with two attached hydrogens (primary N) is 1. The van der Waals surface area contributed by atoms with Crippen LogP contribution in [0.15, 0.2) is 45.4 Å². The number of fused-ring (bicyclic) bond motifs is 1. The number of aryl methyl sites for hydroxylation is 1. The lowest BCUT2D eigenvalue weighted by atomic mass is 10.0. The number of carboxylic acid groups (broad SMARTS) is 2. The minimum atomic E-state index is -1.75. The van der Waals surface area contributed by atoms with Gasteiger partial charge in [0.15, 0.2) is 10.8 Å². The van der Waals surface area contributed by atoms with Gasteiger partial charge >= 0.3 is 17.1 Å². The van der Waals surface area contributed by atoms with Gasteiger partial charge < -0.3 is 26.1 Å². The molecule has 2 amide bonds. The number of anilines is 1. The third-order valence-electron chi connectivity index (χ3n) is 5.65. The minimum absolute atomic E-state index is 0.0317. The molecule has 14 nitrogen and oxygen atoms in total. The lowest BCUT2D eigenvalue weighted by Crippen LogP contribution is -2.71. The number of thiazole rings is 1. The molecule has 0 bridgehead atoms. The number of aliphatic carboxylic acids is 2. The van der Waals surface area contributed by atoms with Gasteiger partial charge in [0.25, 0.3) is 11.8 Å². The van der Waals surface area contributed by atoms with Crippen LogP contribution in [0.1, 0.15) is 19.5 Å². The van der Waals surface area contributed by atoms with Crippen LogP contribution in [-0.4, -0.2) is 83.1 Å². The normalized spacial score (nSPS) is 19.3. The van der Waals surface area contributed by atoms with Gasteiger partial charge in [-0.05, 0) is 36.2 Å². The smallest absolute Gasteiger partial charge is 0.359 e. The standard InChI is InChI=1S/C22H23N7O7S3/c1-22(2,19(34)35)36-27-12(11-9-38-20(23)25-11)15(30)26-13-16(31)29-14(18(32)33)10(7-37-17(13)29)8-39-21-24-5-4-6-28(21)3/h4-6,9,13,17H,7-8H2,1-3H3,(H4-,23,25,26,30,32,33,34,35)/p+1/b27-12+/t13-,17-/m1/s1. The molecule has 2 aliphatic heterocycles. The highest BCUT2D eigenvalue weighted by Gasteiger charge is 2.54. The first-order chi connectivity index (χ1) is 18.4. The van der Waals surface area contributed by atoms with Gasteiger partial charge in [-0.1, -0.05) is 5.16 Å². The SMILES string of the molecule is C[n+]1cccnc1SCC1=C(C(=O)O)N2C(=O)[C@@H](NC(=O)/C(=N/OC(C)(C)C(=O)O)c3csc(N)n3)[C@H]2SC1. The molecule has 17 heteroatoms. The Kier molecular flexibility index (Phi) is 8.12. The molecule has 0 aromatic carbocycles. The fourth-order valence-electron chi connectivity index (χ4n) is 3.52. The summed E-state index contributed by atoms with van der Waals surface area (Å²) < 4.78 is 1.81. The summed E-state index contributed by atoms with van der Waals surface area (Å²) in [6.07, 6.45) is 3.46. The van der Waals surface area contributed by atoms with E-state index in [9.17, 15) is 29.4 Å². The molecule has 1 fully saturated rings. The summed E-state index contributed by atoms with van der Waals surface area (Å²) in [7, 11) is 1.82. The van der Waals surface area contributed by atoms with Crippen LogP contribution in [-0.2, 0) is 31.1 Å². The average molecular weight is 595 g/mol. The lowest BCUT2D eigenvalue weighted by Gasteiger charge is -2.49. The largest absolute Gasteiger partial charge is 0.478 e. The molecule has 1 saturated heterocycles. The minimum Gasteiger partial charge on any atom is -0.478 e. The van der Waals surface area contributed by atoms with Gasteiger partial charge in [0.2, 0.25) is 5.60 Å². The summed E-state index contributed by atoms with van der Waals surface area (Å²) >= 11 is 3.69. The highest BCUT2D eigenvalue weighted by atomic mass is 32.2. The first kappa shape index (κ1) is 28.3. The number of carboxylic acids is 2. The number of nitrogen functional groups attached to an aromatic ring is 1. The maximum absolute atomic E-state index is 13.2. The molecular formula is C22H24N7O7S3+. The van der Waals surface area contributed by atoms with E-state index in [0.717, 1.165) is 16.2 Å². The molecule has 2 aliphatic rings. The Hall–Kier alpha value is -3.70. The molecule has 206 valence electrons. The third kappa shape index (κ3) is 5.84. The van der Waals surface area contributed by atoms with Gasteiger partial charge in [0, 0.05) is 23.0 Å². The van der Waals surface area contributed by atoms with E-state index < -0.39 is 40.8 Å². The van der Waals surface area contributed by atoms with E-state index in [1.165, 1.54) is 42.8 Å². The molecule has 2 aromatic heterocycles. The zero-order valence-corrected chi connectivity index (χ0v) is 23.3. The van der Waals surface area contributed by atoms with Gasteiger partial charge in [-0.25, -0.2) is 19.1 Å². The number of aromatic nitrogens is 3. The Morgan fingerprint density at radius 1 is 1.38 bits per heavy atom. The summed E-state index contributed by atoms with van der Waals surface area (Å²) in [4.78, 5) is 64.3. The number of carbonyl (C=O) groups is 4. The van der Waals surface area contributed by atoms with Crippen molar-refractivity contribution in [2.45, 2.75) is 36.0 Å². The number of nitrogens with zero attached hydrogens (tertiary/aromatic N) is 5. The highest BCUT2D eigenvalue weighted by molar-refractivity contribution is 8.01. The summed E-state index contributed by atoms with van der Waals surface area (Å²) in [6.45, 7) is 2.50. The number of oxime groups is 1. The Morgan fingerprint density at radius 3 is 2.74 bits per heavy atom. The van der Waals surface area contributed by atoms with Crippen LogP contribution < -0.4 is 15.6 Å². The van der Waals surface area contributed by atoms with Gasteiger partial charge in [-0.15, -0.1) is 23.1 Å². The topological polar surface area (TPSA) is 201 Å². The van der Waals surface area contributed by atoms with E-state index in [1.54, 1.807) is 16.8 Å². The van der Waals surface area contributed by atoms with Crippen molar-refractivity contribution in [2.75, 3.05) is 17.2 Å². The van der Waals surface area contributed by atoms with E-state index in [1.807, 2.05) is 13.2 Å². The van der Waals surface area contributed by atoms with Crippen molar-refractivity contribution in [2.24, 2.45) is 12.2 Å². The molecule has 4 heterocycles. The van der Waals surface area contributed by atoms with E-state index >= 15 is 0 Å². The molecule has 0 spiro atoms. The Balaban J connectivity index is 1.52. The maximum Gasteiger partial charge on any atom is 0.359 e. The number of amides is 2. The number of β-lactam (4-membered cyclic amide) rings is 1. The van der Waals surface area contributed by atoms with Crippen LogP contribution in [0.4, 0.5) is 5.13 Å². The molecule has 39 heavy (non-hydrogen) atoms. The molecular weight excluding hydrogens is 570 g/mol. The molecule has 2 aromatic rings. The van der Waals surface area contributed by atoms with E-state index in [0.29, 0.717) is 22.2 Å². The van der Waals surface area contributed by atoms with Crippen molar-refractivity contribution in [1.29, 1.82) is 0 Å². The number of carbonyl (C=O) groups excluding carboxylic acids is 2.